The zero-order valence-electron chi connectivity index (χ0n) is 48.8. The zero-order valence-corrected chi connectivity index (χ0v) is 48.8. The second-order valence-corrected chi connectivity index (χ2v) is 20.6. The van der Waals surface area contributed by atoms with E-state index in [2.05, 4.69) is 124 Å². The number of hydrogen-bond acceptors (Lipinski definition) is 5. The third-order valence-corrected chi connectivity index (χ3v) is 13.3. The van der Waals surface area contributed by atoms with Gasteiger partial charge in [-0.15, -0.1) is 0 Å². The molecule has 0 aromatic carbocycles. The van der Waals surface area contributed by atoms with E-state index in [0.717, 1.165) is 77.0 Å². The predicted octanol–water partition coefficient (Wildman–Crippen LogP) is 21.9. The van der Waals surface area contributed by atoms with E-state index in [0.29, 0.717) is 25.9 Å². The van der Waals surface area contributed by atoms with Crippen LogP contribution in [0.4, 0.5) is 0 Å². The number of esters is 2. The Morgan fingerprint density at radius 1 is 0.311 bits per heavy atom. The Labute approximate surface area is 459 Å². The Balaban J connectivity index is 4.39. The summed E-state index contributed by atoms with van der Waals surface area (Å²) in [6.45, 7) is 7.62. The Morgan fingerprint density at radius 3 is 1.07 bits per heavy atom. The summed E-state index contributed by atoms with van der Waals surface area (Å²) in [5.74, 6) is -0.493. The Kier molecular flexibility index (Phi) is 60.9. The van der Waals surface area contributed by atoms with Crippen molar-refractivity contribution < 1.29 is 23.8 Å². The lowest BCUT2D eigenvalue weighted by Gasteiger charge is -2.18. The van der Waals surface area contributed by atoms with E-state index in [1.54, 1.807) is 0 Å². The highest BCUT2D eigenvalue weighted by molar-refractivity contribution is 5.70. The van der Waals surface area contributed by atoms with Gasteiger partial charge in [0.1, 0.15) is 6.61 Å². The molecule has 74 heavy (non-hydrogen) atoms. The molecule has 1 atom stereocenters. The average Bonchev–Trinajstić information content (AvgIpc) is 3.40. The molecule has 0 aromatic rings. The van der Waals surface area contributed by atoms with Crippen molar-refractivity contribution in [3.8, 4) is 0 Å². The average molecular weight is 1030 g/mol. The van der Waals surface area contributed by atoms with Crippen molar-refractivity contribution in [2.24, 2.45) is 0 Å². The first-order valence-electron chi connectivity index (χ1n) is 31.4. The number of ether oxygens (including phenoxy) is 3. The summed E-state index contributed by atoms with van der Waals surface area (Å²) < 4.78 is 17.5. The largest absolute Gasteiger partial charge is 0.462 e. The van der Waals surface area contributed by atoms with Crippen LogP contribution in [0.25, 0.3) is 0 Å². The van der Waals surface area contributed by atoms with Crippen LogP contribution in [0.15, 0.2) is 109 Å². The Bertz CT molecular complexity index is 1440. The number of rotatable bonds is 57. The minimum absolute atomic E-state index is 0.0390. The van der Waals surface area contributed by atoms with Crippen LogP contribution in [0.3, 0.4) is 0 Å². The van der Waals surface area contributed by atoms with E-state index in [-0.39, 0.29) is 25.2 Å². The molecule has 0 aliphatic heterocycles. The predicted molar refractivity (Wildman–Crippen MR) is 325 cm³/mol. The maximum atomic E-state index is 12.9. The number of unbranched alkanes of at least 4 members (excludes halogenated alkanes) is 28. The molecule has 0 bridgehead atoms. The van der Waals surface area contributed by atoms with Crippen molar-refractivity contribution in [1.82, 2.24) is 0 Å². The lowest BCUT2D eigenvalue weighted by molar-refractivity contribution is -0.162. The molecule has 5 heteroatoms. The van der Waals surface area contributed by atoms with Crippen LogP contribution in [-0.2, 0) is 23.8 Å². The summed E-state index contributed by atoms with van der Waals surface area (Å²) in [5, 5.41) is 0. The molecule has 0 radical (unpaired) electrons. The molecule has 424 valence electrons. The normalized spacial score (nSPS) is 13.0. The van der Waals surface area contributed by atoms with Crippen molar-refractivity contribution >= 4 is 11.9 Å². The van der Waals surface area contributed by atoms with Gasteiger partial charge in [0, 0.05) is 19.4 Å². The third kappa shape index (κ3) is 61.1. The van der Waals surface area contributed by atoms with Gasteiger partial charge in [0.15, 0.2) is 6.10 Å². The SMILES string of the molecule is CC/C=C\C/C=C\C/C=C\C/C=C\C/C=C\C/C=C\CCC(=O)OCC(COCCCCCCCCCCCC/C=C\C/C=C\CCCCC)OC(=O)CCCCCCCCCCC/C=C\CCCCCCCC. The fourth-order valence-electron chi connectivity index (χ4n) is 8.62. The summed E-state index contributed by atoms with van der Waals surface area (Å²) >= 11 is 0. The molecule has 0 rings (SSSR count). The first-order valence-corrected chi connectivity index (χ1v) is 31.4. The minimum atomic E-state index is -0.577. The van der Waals surface area contributed by atoms with Gasteiger partial charge in [0.25, 0.3) is 0 Å². The summed E-state index contributed by atoms with van der Waals surface area (Å²) in [4.78, 5) is 25.6. The molecule has 0 aromatic heterocycles. The highest BCUT2D eigenvalue weighted by Crippen LogP contribution is 2.15. The molecule has 1 unspecified atom stereocenters. The smallest absolute Gasteiger partial charge is 0.306 e. The van der Waals surface area contributed by atoms with Gasteiger partial charge >= 0.3 is 11.9 Å². The van der Waals surface area contributed by atoms with Crippen LogP contribution in [0.2, 0.25) is 0 Å². The molecule has 0 aliphatic carbocycles. The van der Waals surface area contributed by atoms with Gasteiger partial charge < -0.3 is 14.2 Å². The molecule has 0 N–H and O–H groups in total. The van der Waals surface area contributed by atoms with Crippen LogP contribution in [-0.4, -0.2) is 37.9 Å². The Hall–Kier alpha value is -3.44. The van der Waals surface area contributed by atoms with Crippen LogP contribution in [0, 0.1) is 0 Å². The first kappa shape index (κ1) is 70.6. The molecule has 0 aliphatic rings. The van der Waals surface area contributed by atoms with Crippen LogP contribution in [0.5, 0.6) is 0 Å². The first-order chi connectivity index (χ1) is 36.6. The molecular formula is C69H118O5. The standard InChI is InChI=1S/C69H118O5/c1-4-7-10-13-16-19-22-25-28-31-34-37-40-43-46-49-52-55-58-61-64-72-65-67(74-69(71)63-60-57-54-51-48-45-42-39-36-33-30-27-24-21-18-15-12-9-6-3)66-73-68(70)62-59-56-53-50-47-44-41-38-35-32-29-26-23-20-17-14-11-8-5-2/h8,11,16-17,19-20,25-30,35,38,44,47,53,56,67H,4-7,9-10,12-15,18,21-24,31-34,36-37,39-43,45-46,48-52,54-55,57-66H2,1-3H3/b11-8-,19-16-,20-17-,28-25-,29-26-,30-27-,38-35-,47-44-,56-53-. The van der Waals surface area contributed by atoms with Crippen molar-refractivity contribution in [3.05, 3.63) is 109 Å². The molecular weight excluding hydrogens is 909 g/mol. The summed E-state index contributed by atoms with van der Waals surface area (Å²) in [5.41, 5.74) is 0. The highest BCUT2D eigenvalue weighted by atomic mass is 16.6. The third-order valence-electron chi connectivity index (χ3n) is 13.3. The van der Waals surface area contributed by atoms with Gasteiger partial charge in [-0.1, -0.05) is 271 Å². The molecule has 0 spiro atoms. The Morgan fingerprint density at radius 2 is 0.635 bits per heavy atom. The van der Waals surface area contributed by atoms with E-state index in [9.17, 15) is 9.59 Å². The molecule has 0 saturated carbocycles. The molecule has 0 saturated heterocycles. The van der Waals surface area contributed by atoms with Gasteiger partial charge in [0.05, 0.1) is 6.61 Å². The van der Waals surface area contributed by atoms with Crippen LogP contribution in [0.1, 0.15) is 290 Å². The maximum Gasteiger partial charge on any atom is 0.306 e. The van der Waals surface area contributed by atoms with E-state index in [1.807, 2.05) is 6.08 Å². The van der Waals surface area contributed by atoms with Crippen LogP contribution >= 0.6 is 0 Å². The molecule has 0 amide bonds. The highest BCUT2D eigenvalue weighted by Gasteiger charge is 2.17. The van der Waals surface area contributed by atoms with Crippen LogP contribution < -0.4 is 0 Å². The van der Waals surface area contributed by atoms with E-state index < -0.39 is 6.10 Å². The quantitative estimate of drug-likeness (QED) is 0.0345. The second-order valence-electron chi connectivity index (χ2n) is 20.6. The topological polar surface area (TPSA) is 61.8 Å². The molecule has 0 fully saturated rings. The fourth-order valence-corrected chi connectivity index (χ4v) is 8.62. The van der Waals surface area contributed by atoms with Crippen molar-refractivity contribution in [2.45, 2.75) is 297 Å². The zero-order chi connectivity index (χ0) is 53.4. The number of carbonyl (C=O) groups is 2. The van der Waals surface area contributed by atoms with E-state index >= 15 is 0 Å². The number of hydrogen-bond donors (Lipinski definition) is 0. The van der Waals surface area contributed by atoms with Gasteiger partial charge in [-0.2, -0.15) is 0 Å². The fraction of sp³-hybridized carbons (Fsp3) is 0.710. The van der Waals surface area contributed by atoms with Gasteiger partial charge in [0.2, 0.25) is 0 Å². The summed E-state index contributed by atoms with van der Waals surface area (Å²) in [6.07, 6.45) is 88.5. The minimum Gasteiger partial charge on any atom is -0.462 e. The summed E-state index contributed by atoms with van der Waals surface area (Å²) in [7, 11) is 0. The molecule has 0 heterocycles. The van der Waals surface area contributed by atoms with Crippen molar-refractivity contribution in [1.29, 1.82) is 0 Å². The van der Waals surface area contributed by atoms with Gasteiger partial charge in [-0.05, 0) is 116 Å². The lowest BCUT2D eigenvalue weighted by atomic mass is 10.1. The number of carbonyl (C=O) groups excluding carboxylic acids is 2. The maximum absolute atomic E-state index is 12.9. The van der Waals surface area contributed by atoms with Crippen molar-refractivity contribution in [3.63, 3.8) is 0 Å². The lowest BCUT2D eigenvalue weighted by Crippen LogP contribution is -2.30. The van der Waals surface area contributed by atoms with Gasteiger partial charge in [-0.25, -0.2) is 0 Å². The van der Waals surface area contributed by atoms with E-state index in [4.69, 9.17) is 14.2 Å². The summed E-state index contributed by atoms with van der Waals surface area (Å²) in [6, 6.07) is 0. The van der Waals surface area contributed by atoms with Gasteiger partial charge in [-0.3, -0.25) is 9.59 Å². The number of allylic oxidation sites excluding steroid dienone is 18. The van der Waals surface area contributed by atoms with E-state index in [1.165, 1.54) is 173 Å². The monoisotopic (exact) mass is 1030 g/mol. The van der Waals surface area contributed by atoms with Crippen molar-refractivity contribution in [2.75, 3.05) is 19.8 Å². The molecule has 5 nitrogen and oxygen atoms in total. The second kappa shape index (κ2) is 63.8.